The number of rotatable bonds is 7. The number of allylic oxidation sites excluding steroid dienone is 1. The number of carbonyl (C=O) groups excluding carboxylic acids is 1. The Balaban J connectivity index is 2.21. The maximum absolute atomic E-state index is 12.2. The van der Waals surface area contributed by atoms with E-state index < -0.39 is 4.92 Å². The topological polar surface area (TPSA) is 78.7 Å². The molecule has 0 saturated heterocycles. The molecule has 0 aromatic heterocycles. The maximum atomic E-state index is 12.2. The van der Waals surface area contributed by atoms with E-state index in [9.17, 15) is 14.9 Å². The van der Waals surface area contributed by atoms with Gasteiger partial charge in [-0.15, -0.1) is 0 Å². The fourth-order valence-corrected chi connectivity index (χ4v) is 2.11. The first-order chi connectivity index (χ1) is 11.5. The molecule has 0 fully saturated rings. The first kappa shape index (κ1) is 17.2. The summed E-state index contributed by atoms with van der Waals surface area (Å²) in [6.45, 7) is 2.37. The van der Waals surface area contributed by atoms with Crippen molar-refractivity contribution in [1.82, 2.24) is 0 Å². The Bertz CT molecular complexity index is 783. The van der Waals surface area contributed by atoms with Gasteiger partial charge in [0.05, 0.1) is 18.6 Å². The number of nitro groups is 1. The van der Waals surface area contributed by atoms with E-state index >= 15 is 0 Å². The smallest absolute Gasteiger partial charge is 0.270 e. The summed E-state index contributed by atoms with van der Waals surface area (Å²) in [5.74, 6) is 0.886. The lowest BCUT2D eigenvalue weighted by Crippen LogP contribution is -1.97. The molecular weight excluding hydrogens is 310 g/mol. The van der Waals surface area contributed by atoms with E-state index in [0.717, 1.165) is 5.56 Å². The Kier molecular flexibility index (Phi) is 5.68. The summed E-state index contributed by atoms with van der Waals surface area (Å²) < 4.78 is 10.7. The summed E-state index contributed by atoms with van der Waals surface area (Å²) in [5.41, 5.74) is 0.911. The Hall–Kier alpha value is -3.15. The minimum Gasteiger partial charge on any atom is -0.493 e. The number of benzene rings is 2. The van der Waals surface area contributed by atoms with Crippen molar-refractivity contribution in [2.24, 2.45) is 0 Å². The van der Waals surface area contributed by atoms with Crippen LogP contribution in [0.15, 0.2) is 48.5 Å². The second kappa shape index (κ2) is 7.92. The summed E-state index contributed by atoms with van der Waals surface area (Å²) in [6.07, 6.45) is 3.00. The lowest BCUT2D eigenvalue weighted by molar-refractivity contribution is -0.384. The Morgan fingerprint density at radius 3 is 2.67 bits per heavy atom. The molecule has 0 spiro atoms. The summed E-state index contributed by atoms with van der Waals surface area (Å²) in [7, 11) is 1.55. The van der Waals surface area contributed by atoms with E-state index in [1.165, 1.54) is 24.3 Å². The highest BCUT2D eigenvalue weighted by atomic mass is 16.6. The van der Waals surface area contributed by atoms with Gasteiger partial charge in [0, 0.05) is 17.7 Å². The van der Waals surface area contributed by atoms with Crippen LogP contribution in [0.1, 0.15) is 22.8 Å². The average Bonchev–Trinajstić information content (AvgIpc) is 2.60. The molecule has 0 unspecified atom stereocenters. The molecule has 0 atom stereocenters. The highest BCUT2D eigenvalue weighted by Gasteiger charge is 2.09. The molecule has 0 amide bonds. The summed E-state index contributed by atoms with van der Waals surface area (Å²) in [4.78, 5) is 22.4. The fraction of sp³-hybridized carbons (Fsp3) is 0.167. The third kappa shape index (κ3) is 4.19. The van der Waals surface area contributed by atoms with Crippen LogP contribution in [0, 0.1) is 10.1 Å². The number of non-ortho nitro benzene ring substituents is 1. The summed E-state index contributed by atoms with van der Waals surface area (Å²) in [5, 5.41) is 10.8. The van der Waals surface area contributed by atoms with Gasteiger partial charge < -0.3 is 9.47 Å². The minimum absolute atomic E-state index is 0.114. The molecule has 0 bridgehead atoms. The van der Waals surface area contributed by atoms with Gasteiger partial charge in [-0.1, -0.05) is 24.3 Å². The highest BCUT2D eigenvalue weighted by Crippen LogP contribution is 2.28. The molecule has 0 N–H and O–H groups in total. The van der Waals surface area contributed by atoms with Gasteiger partial charge >= 0.3 is 0 Å². The first-order valence-corrected chi connectivity index (χ1v) is 7.33. The molecule has 24 heavy (non-hydrogen) atoms. The van der Waals surface area contributed by atoms with Crippen LogP contribution in [0.25, 0.3) is 6.08 Å². The van der Waals surface area contributed by atoms with E-state index in [0.29, 0.717) is 18.1 Å². The molecule has 0 heterocycles. The third-order valence-corrected chi connectivity index (χ3v) is 3.26. The first-order valence-electron chi connectivity index (χ1n) is 7.33. The normalized spacial score (nSPS) is 10.6. The third-order valence-electron chi connectivity index (χ3n) is 3.26. The van der Waals surface area contributed by atoms with Crippen LogP contribution >= 0.6 is 0 Å². The van der Waals surface area contributed by atoms with Gasteiger partial charge in [0.15, 0.2) is 17.3 Å². The van der Waals surface area contributed by atoms with Gasteiger partial charge in [-0.05, 0) is 30.7 Å². The molecule has 0 saturated carbocycles. The van der Waals surface area contributed by atoms with Crippen molar-refractivity contribution in [2.75, 3.05) is 13.7 Å². The largest absolute Gasteiger partial charge is 0.493 e. The summed E-state index contributed by atoms with van der Waals surface area (Å²) in [6, 6.07) is 10.9. The van der Waals surface area contributed by atoms with Crippen molar-refractivity contribution >= 4 is 17.5 Å². The summed E-state index contributed by atoms with van der Waals surface area (Å²) >= 11 is 0. The standard InChI is InChI=1S/C18H17NO5/c1-3-24-18-11-13(8-10-17(18)23-2)7-9-16(20)14-5-4-6-15(12-14)19(21)22/h4-12H,3H2,1-2H3/b9-7+. The zero-order chi connectivity index (χ0) is 17.5. The van der Waals surface area contributed by atoms with Crippen molar-refractivity contribution in [2.45, 2.75) is 6.92 Å². The molecule has 6 nitrogen and oxygen atoms in total. The van der Waals surface area contributed by atoms with Gasteiger partial charge in [-0.25, -0.2) is 0 Å². The molecule has 2 aromatic carbocycles. The molecule has 0 radical (unpaired) electrons. The number of carbonyl (C=O) groups is 1. The van der Waals surface area contributed by atoms with Crippen LogP contribution in [0.3, 0.4) is 0 Å². The van der Waals surface area contributed by atoms with Crippen molar-refractivity contribution in [3.05, 3.63) is 69.8 Å². The molecule has 0 aliphatic heterocycles. The monoisotopic (exact) mass is 327 g/mol. The molecule has 124 valence electrons. The molecule has 0 aliphatic carbocycles. The van der Waals surface area contributed by atoms with Gasteiger partial charge in [0.2, 0.25) is 0 Å². The zero-order valence-corrected chi connectivity index (χ0v) is 13.4. The van der Waals surface area contributed by atoms with E-state index in [1.54, 1.807) is 37.5 Å². The predicted octanol–water partition coefficient (Wildman–Crippen LogP) is 3.90. The number of hydrogen-bond acceptors (Lipinski definition) is 5. The molecule has 2 rings (SSSR count). The minimum atomic E-state index is -0.529. The Morgan fingerprint density at radius 1 is 1.21 bits per heavy atom. The van der Waals surface area contributed by atoms with Crippen molar-refractivity contribution in [1.29, 1.82) is 0 Å². The van der Waals surface area contributed by atoms with Crippen molar-refractivity contribution in [3.63, 3.8) is 0 Å². The van der Waals surface area contributed by atoms with Crippen LogP contribution in [0.5, 0.6) is 11.5 Å². The van der Waals surface area contributed by atoms with Crippen LogP contribution in [-0.2, 0) is 0 Å². The van der Waals surface area contributed by atoms with Crippen LogP contribution in [0.4, 0.5) is 5.69 Å². The molecule has 2 aromatic rings. The lowest BCUT2D eigenvalue weighted by atomic mass is 10.1. The molecule has 0 aliphatic rings. The number of methoxy groups -OCH3 is 1. The van der Waals surface area contributed by atoms with E-state index in [1.807, 2.05) is 6.92 Å². The predicted molar refractivity (Wildman–Crippen MR) is 90.6 cm³/mol. The van der Waals surface area contributed by atoms with Crippen LogP contribution in [0.2, 0.25) is 0 Å². The van der Waals surface area contributed by atoms with Gasteiger partial charge in [0.25, 0.3) is 5.69 Å². The van der Waals surface area contributed by atoms with E-state index in [2.05, 4.69) is 0 Å². The van der Waals surface area contributed by atoms with Crippen molar-refractivity contribution in [3.8, 4) is 11.5 Å². The second-order valence-electron chi connectivity index (χ2n) is 4.85. The van der Waals surface area contributed by atoms with E-state index in [-0.39, 0.29) is 17.0 Å². The Morgan fingerprint density at radius 2 is 2.00 bits per heavy atom. The van der Waals surface area contributed by atoms with E-state index in [4.69, 9.17) is 9.47 Å². The fourth-order valence-electron chi connectivity index (χ4n) is 2.11. The lowest BCUT2D eigenvalue weighted by Gasteiger charge is -2.09. The number of ketones is 1. The average molecular weight is 327 g/mol. The van der Waals surface area contributed by atoms with Gasteiger partial charge in [-0.2, -0.15) is 0 Å². The molecule has 6 heteroatoms. The number of nitro benzene ring substituents is 1. The Labute approximate surface area is 139 Å². The number of ether oxygens (including phenoxy) is 2. The van der Waals surface area contributed by atoms with Gasteiger partial charge in [0.1, 0.15) is 0 Å². The van der Waals surface area contributed by atoms with Gasteiger partial charge in [-0.3, -0.25) is 14.9 Å². The second-order valence-corrected chi connectivity index (χ2v) is 4.85. The molecular formula is C18H17NO5. The number of hydrogen-bond donors (Lipinski definition) is 0. The quantitative estimate of drug-likeness (QED) is 0.333. The highest BCUT2D eigenvalue weighted by molar-refractivity contribution is 6.07. The van der Waals surface area contributed by atoms with Crippen LogP contribution in [-0.4, -0.2) is 24.4 Å². The van der Waals surface area contributed by atoms with Crippen LogP contribution < -0.4 is 9.47 Å². The van der Waals surface area contributed by atoms with Crippen molar-refractivity contribution < 1.29 is 19.2 Å². The zero-order valence-electron chi connectivity index (χ0n) is 13.4. The maximum Gasteiger partial charge on any atom is 0.270 e. The number of nitrogens with zero attached hydrogens (tertiary/aromatic N) is 1. The SMILES string of the molecule is CCOc1cc(/C=C/C(=O)c2cccc([N+](=O)[O-])c2)ccc1OC.